The summed E-state index contributed by atoms with van der Waals surface area (Å²) in [5.41, 5.74) is 5.39. The van der Waals surface area contributed by atoms with Crippen LogP contribution in [0.4, 0.5) is 0 Å². The molecule has 4 heteroatoms. The zero-order valence-electron chi connectivity index (χ0n) is 7.98. The number of aromatic nitrogens is 2. The maximum absolute atomic E-state index is 9.10. The highest BCUT2D eigenvalue weighted by atomic mass is 16.3. The first-order valence-corrected chi connectivity index (χ1v) is 4.48. The summed E-state index contributed by atoms with van der Waals surface area (Å²) in [5, 5.41) is 13.2. The van der Waals surface area contributed by atoms with Crippen LogP contribution >= 0.6 is 0 Å². The van der Waals surface area contributed by atoms with Crippen LogP contribution in [0.2, 0.25) is 0 Å². The lowest BCUT2D eigenvalue weighted by atomic mass is 9.88. The van der Waals surface area contributed by atoms with E-state index < -0.39 is 0 Å². The number of nitrogens with zero attached hydrogens (tertiary/aromatic N) is 2. The molecule has 1 atom stereocenters. The van der Waals surface area contributed by atoms with Gasteiger partial charge in [0.15, 0.2) is 0 Å². The van der Waals surface area contributed by atoms with E-state index in [1.54, 1.807) is 6.20 Å². The Hall–Kier alpha value is -0.870. The molecular formula is C9H17N3O. The topological polar surface area (TPSA) is 64.1 Å². The van der Waals surface area contributed by atoms with Crippen molar-refractivity contribution in [2.45, 2.75) is 19.9 Å². The predicted molar refractivity (Wildman–Crippen MR) is 51.1 cm³/mol. The minimum absolute atomic E-state index is 0.130. The van der Waals surface area contributed by atoms with Gasteiger partial charge in [0.05, 0.1) is 0 Å². The molecule has 74 valence electrons. The molecular weight excluding hydrogens is 166 g/mol. The lowest BCUT2D eigenvalue weighted by molar-refractivity contribution is 0.133. The lowest BCUT2D eigenvalue weighted by Crippen LogP contribution is -2.32. The minimum atomic E-state index is -0.175. The number of aryl methyl sites for hydroxylation is 1. The number of aliphatic hydroxyl groups excluding tert-OH is 1. The first-order valence-electron chi connectivity index (χ1n) is 4.48. The molecule has 4 nitrogen and oxygen atoms in total. The molecule has 1 heterocycles. The zero-order valence-corrected chi connectivity index (χ0v) is 7.98. The monoisotopic (exact) mass is 183 g/mol. The van der Waals surface area contributed by atoms with E-state index in [1.807, 2.05) is 23.9 Å². The van der Waals surface area contributed by atoms with Crippen molar-refractivity contribution in [1.29, 1.82) is 0 Å². The molecule has 0 spiro atoms. The summed E-state index contributed by atoms with van der Waals surface area (Å²) in [5.74, 6) is 0. The van der Waals surface area contributed by atoms with Crippen LogP contribution in [0.1, 0.15) is 13.3 Å². The Kier molecular flexibility index (Phi) is 3.45. The second-order valence-corrected chi connectivity index (χ2v) is 3.69. The first-order chi connectivity index (χ1) is 6.20. The van der Waals surface area contributed by atoms with Crippen LogP contribution in [0.5, 0.6) is 0 Å². The molecule has 1 rings (SSSR count). The van der Waals surface area contributed by atoms with Crippen LogP contribution in [0.15, 0.2) is 18.5 Å². The van der Waals surface area contributed by atoms with Gasteiger partial charge in [0.25, 0.3) is 0 Å². The molecule has 0 bridgehead atoms. The fourth-order valence-electron chi connectivity index (χ4n) is 1.06. The van der Waals surface area contributed by atoms with Gasteiger partial charge in [-0.25, -0.2) is 0 Å². The Morgan fingerprint density at radius 1 is 1.62 bits per heavy atom. The summed E-state index contributed by atoms with van der Waals surface area (Å²) in [7, 11) is 0. The number of aliphatic hydroxyl groups is 1. The third-order valence-electron chi connectivity index (χ3n) is 2.38. The van der Waals surface area contributed by atoms with Crippen molar-refractivity contribution in [3.05, 3.63) is 18.5 Å². The fraction of sp³-hybridized carbons (Fsp3) is 0.667. The molecule has 0 saturated carbocycles. The average molecular weight is 183 g/mol. The SMILES string of the molecule is CC(CN)(CO)CCn1cccn1. The number of hydrogen-bond acceptors (Lipinski definition) is 3. The largest absolute Gasteiger partial charge is 0.396 e. The summed E-state index contributed by atoms with van der Waals surface area (Å²) >= 11 is 0. The van der Waals surface area contributed by atoms with Gasteiger partial charge in [-0.15, -0.1) is 0 Å². The highest BCUT2D eigenvalue weighted by molar-refractivity contribution is 4.80. The van der Waals surface area contributed by atoms with Gasteiger partial charge in [-0.1, -0.05) is 6.92 Å². The van der Waals surface area contributed by atoms with Crippen molar-refractivity contribution in [2.24, 2.45) is 11.1 Å². The lowest BCUT2D eigenvalue weighted by Gasteiger charge is -2.24. The van der Waals surface area contributed by atoms with Crippen LogP contribution in [0, 0.1) is 5.41 Å². The maximum atomic E-state index is 9.10. The number of rotatable bonds is 5. The quantitative estimate of drug-likeness (QED) is 0.687. The Morgan fingerprint density at radius 2 is 2.38 bits per heavy atom. The van der Waals surface area contributed by atoms with E-state index in [1.165, 1.54) is 0 Å². The van der Waals surface area contributed by atoms with Crippen LogP contribution in [-0.2, 0) is 6.54 Å². The molecule has 0 aliphatic carbocycles. The van der Waals surface area contributed by atoms with Gasteiger partial charge in [-0.05, 0) is 19.0 Å². The normalized spacial score (nSPS) is 15.6. The van der Waals surface area contributed by atoms with E-state index in [4.69, 9.17) is 10.8 Å². The Labute approximate surface area is 78.4 Å². The van der Waals surface area contributed by atoms with Crippen molar-refractivity contribution in [2.75, 3.05) is 13.2 Å². The molecule has 0 fully saturated rings. The van der Waals surface area contributed by atoms with E-state index in [0.29, 0.717) is 6.54 Å². The maximum Gasteiger partial charge on any atom is 0.0497 e. The van der Waals surface area contributed by atoms with E-state index in [0.717, 1.165) is 13.0 Å². The number of hydrogen-bond donors (Lipinski definition) is 2. The highest BCUT2D eigenvalue weighted by Crippen LogP contribution is 2.18. The molecule has 0 amide bonds. The third kappa shape index (κ3) is 2.82. The van der Waals surface area contributed by atoms with Crippen LogP contribution in [-0.4, -0.2) is 28.0 Å². The Bertz CT molecular complexity index is 229. The van der Waals surface area contributed by atoms with Gasteiger partial charge in [0, 0.05) is 31.0 Å². The molecule has 0 aliphatic rings. The van der Waals surface area contributed by atoms with Crippen molar-refractivity contribution < 1.29 is 5.11 Å². The van der Waals surface area contributed by atoms with Crippen LogP contribution < -0.4 is 5.73 Å². The highest BCUT2D eigenvalue weighted by Gasteiger charge is 2.20. The summed E-state index contributed by atoms with van der Waals surface area (Å²) in [6.45, 7) is 3.42. The summed E-state index contributed by atoms with van der Waals surface area (Å²) < 4.78 is 1.85. The molecule has 0 aromatic carbocycles. The van der Waals surface area contributed by atoms with Gasteiger partial charge in [-0.3, -0.25) is 4.68 Å². The van der Waals surface area contributed by atoms with Crippen molar-refractivity contribution >= 4 is 0 Å². The molecule has 1 aromatic heterocycles. The molecule has 3 N–H and O–H groups in total. The summed E-state index contributed by atoms with van der Waals surface area (Å²) in [6, 6.07) is 1.89. The standard InChI is InChI=1S/C9H17N3O/c1-9(7-10,8-13)3-6-12-5-2-4-11-12/h2,4-5,13H,3,6-8,10H2,1H3. The first kappa shape index (κ1) is 10.2. The average Bonchev–Trinajstić information content (AvgIpc) is 2.67. The van der Waals surface area contributed by atoms with Gasteiger partial charge < -0.3 is 10.8 Å². The molecule has 0 radical (unpaired) electrons. The zero-order chi connectivity index (χ0) is 9.73. The predicted octanol–water partition coefficient (Wildman–Crippen LogP) is 0.230. The minimum Gasteiger partial charge on any atom is -0.396 e. The summed E-state index contributed by atoms with van der Waals surface area (Å²) in [4.78, 5) is 0. The smallest absolute Gasteiger partial charge is 0.0497 e. The van der Waals surface area contributed by atoms with Crippen molar-refractivity contribution in [1.82, 2.24) is 9.78 Å². The van der Waals surface area contributed by atoms with E-state index in [2.05, 4.69) is 5.10 Å². The molecule has 13 heavy (non-hydrogen) atoms. The van der Waals surface area contributed by atoms with Crippen LogP contribution in [0.3, 0.4) is 0 Å². The van der Waals surface area contributed by atoms with Crippen molar-refractivity contribution in [3.8, 4) is 0 Å². The van der Waals surface area contributed by atoms with Gasteiger partial charge in [0.2, 0.25) is 0 Å². The molecule has 0 aliphatic heterocycles. The fourth-order valence-corrected chi connectivity index (χ4v) is 1.06. The third-order valence-corrected chi connectivity index (χ3v) is 2.38. The van der Waals surface area contributed by atoms with Gasteiger partial charge in [-0.2, -0.15) is 5.10 Å². The number of nitrogens with two attached hydrogens (primary N) is 1. The Balaban J connectivity index is 2.41. The summed E-state index contributed by atoms with van der Waals surface area (Å²) in [6.07, 6.45) is 4.51. The molecule has 0 saturated heterocycles. The van der Waals surface area contributed by atoms with E-state index in [9.17, 15) is 0 Å². The van der Waals surface area contributed by atoms with Crippen LogP contribution in [0.25, 0.3) is 0 Å². The van der Waals surface area contributed by atoms with Gasteiger partial charge in [0.1, 0.15) is 0 Å². The van der Waals surface area contributed by atoms with E-state index >= 15 is 0 Å². The Morgan fingerprint density at radius 3 is 2.85 bits per heavy atom. The van der Waals surface area contributed by atoms with E-state index in [-0.39, 0.29) is 12.0 Å². The second-order valence-electron chi connectivity index (χ2n) is 3.69. The second kappa shape index (κ2) is 4.39. The van der Waals surface area contributed by atoms with Crippen molar-refractivity contribution in [3.63, 3.8) is 0 Å². The molecule has 1 aromatic rings. The molecule has 1 unspecified atom stereocenters. The van der Waals surface area contributed by atoms with Gasteiger partial charge >= 0.3 is 0 Å².